The van der Waals surface area contributed by atoms with E-state index in [1.807, 2.05) is 125 Å². The van der Waals surface area contributed by atoms with Crippen LogP contribution in [0.25, 0.3) is 0 Å². The Morgan fingerprint density at radius 2 is 0.700 bits per heavy atom. The molecule has 0 aromatic heterocycles. The number of hydrogen-bond acceptors (Lipinski definition) is 17. The Bertz CT molecular complexity index is 1480. The van der Waals surface area contributed by atoms with Crippen LogP contribution in [-0.2, 0) is 52.2 Å². The lowest BCUT2D eigenvalue weighted by molar-refractivity contribution is -0.347. The summed E-state index contributed by atoms with van der Waals surface area (Å²) in [5.74, 6) is -0.536. The van der Waals surface area contributed by atoms with Crippen molar-refractivity contribution in [2.24, 2.45) is 5.41 Å². The van der Waals surface area contributed by atoms with E-state index in [1.165, 1.54) is 13.8 Å². The van der Waals surface area contributed by atoms with E-state index in [-0.39, 0.29) is 43.2 Å². The van der Waals surface area contributed by atoms with Crippen LogP contribution in [0.4, 0.5) is 0 Å². The number of nitrogens with one attached hydrogen (secondary N) is 2. The van der Waals surface area contributed by atoms with Crippen molar-refractivity contribution < 1.29 is 82.9 Å². The summed E-state index contributed by atoms with van der Waals surface area (Å²) in [4.78, 5) is 23.0. The Kier molecular flexibility index (Phi) is 24.8. The number of aliphatic hydroxyl groups is 6. The van der Waals surface area contributed by atoms with Crippen molar-refractivity contribution in [1.29, 1.82) is 0 Å². The average Bonchev–Trinajstić information content (AvgIpc) is 3.13. The van der Waals surface area contributed by atoms with E-state index in [9.17, 15) is 40.2 Å². The van der Waals surface area contributed by atoms with Crippen LogP contribution in [0.2, 0.25) is 0 Å². The summed E-state index contributed by atoms with van der Waals surface area (Å²) < 4.78 is 53.1. The summed E-state index contributed by atoms with van der Waals surface area (Å²) >= 11 is 0. The Hall–Kier alpha value is -1.66. The summed E-state index contributed by atoms with van der Waals surface area (Å²) in [5, 5.41) is 66.8. The Morgan fingerprint density at radius 3 is 1.06 bits per heavy atom. The molecule has 70 heavy (non-hydrogen) atoms. The molecule has 0 aromatic carbocycles. The first-order chi connectivity index (χ1) is 31.3. The van der Waals surface area contributed by atoms with Crippen molar-refractivity contribution in [3.63, 3.8) is 0 Å². The molecule has 0 aliphatic carbocycles. The summed E-state index contributed by atoms with van der Waals surface area (Å²) in [6.45, 7) is 42.0. The van der Waals surface area contributed by atoms with Gasteiger partial charge in [-0.1, -0.05) is 20.8 Å². The van der Waals surface area contributed by atoms with E-state index in [4.69, 9.17) is 42.6 Å². The smallest absolute Gasteiger partial charge is 0.217 e. The summed E-state index contributed by atoms with van der Waals surface area (Å²) in [5.41, 5.74) is -3.10. The van der Waals surface area contributed by atoms with E-state index in [2.05, 4.69) is 31.4 Å². The summed E-state index contributed by atoms with van der Waals surface area (Å²) in [6, 6.07) is -1.36. The molecule has 0 radical (unpaired) electrons. The number of rotatable bonds is 12. The van der Waals surface area contributed by atoms with Gasteiger partial charge >= 0.3 is 0 Å². The van der Waals surface area contributed by atoms with Gasteiger partial charge in [0.1, 0.15) is 67.1 Å². The van der Waals surface area contributed by atoms with Crippen molar-refractivity contribution in [3.05, 3.63) is 0 Å². The van der Waals surface area contributed by atoms with Gasteiger partial charge < -0.3 is 83.9 Å². The molecule has 15 unspecified atom stereocenters. The molecule has 19 heteroatoms. The minimum atomic E-state index is -1.07. The van der Waals surface area contributed by atoms with Gasteiger partial charge in [-0.05, 0) is 136 Å². The first-order valence-electron chi connectivity index (χ1n) is 24.7. The van der Waals surface area contributed by atoms with Crippen LogP contribution >= 0.6 is 0 Å². The second-order valence-electron chi connectivity index (χ2n) is 25.8. The van der Waals surface area contributed by atoms with E-state index < -0.39 is 119 Å². The van der Waals surface area contributed by atoms with Gasteiger partial charge in [0.2, 0.25) is 11.8 Å². The number of hydrogen-bond donors (Lipinski definition) is 8. The quantitative estimate of drug-likeness (QED) is 0.137. The molecule has 3 fully saturated rings. The lowest BCUT2D eigenvalue weighted by Gasteiger charge is -2.48. The zero-order chi connectivity index (χ0) is 54.9. The highest BCUT2D eigenvalue weighted by Crippen LogP contribution is 2.36. The molecule has 0 spiro atoms. The fourth-order valence-electron chi connectivity index (χ4n) is 7.96. The Labute approximate surface area is 420 Å². The number of carbonyl (C=O) groups excluding carboxylic acids is 2. The highest BCUT2D eigenvalue weighted by Gasteiger charge is 2.52. The second kappa shape index (κ2) is 26.2. The molecule has 8 N–H and O–H groups in total. The molecular formula is C51H100N2O17. The lowest BCUT2D eigenvalue weighted by atomic mass is 9.82. The van der Waals surface area contributed by atoms with Crippen LogP contribution in [-0.4, -0.2) is 188 Å². The van der Waals surface area contributed by atoms with E-state index in [1.54, 1.807) is 0 Å². The topological polar surface area (TPSA) is 263 Å². The third kappa shape index (κ3) is 24.6. The molecule has 416 valence electrons. The predicted octanol–water partition coefficient (Wildman–Crippen LogP) is 4.05. The van der Waals surface area contributed by atoms with E-state index >= 15 is 0 Å². The molecule has 0 aromatic rings. The van der Waals surface area contributed by atoms with Crippen LogP contribution < -0.4 is 10.6 Å². The summed E-state index contributed by atoms with van der Waals surface area (Å²) in [6.07, 6.45) is -9.35. The molecule has 3 aliphatic rings. The van der Waals surface area contributed by atoms with Gasteiger partial charge in [0.05, 0.1) is 65.6 Å². The number of aliphatic hydroxyl groups excluding tert-OH is 6. The average molecular weight is 1010 g/mol. The first kappa shape index (κ1) is 66.4. The van der Waals surface area contributed by atoms with Crippen LogP contribution in [0.3, 0.4) is 0 Å². The molecule has 3 saturated heterocycles. The third-order valence-corrected chi connectivity index (χ3v) is 10.1. The monoisotopic (exact) mass is 1010 g/mol. The molecule has 3 heterocycles. The number of carbonyl (C=O) groups is 2. The molecular weight excluding hydrogens is 913 g/mol. The molecule has 3 rings (SSSR count). The maximum absolute atomic E-state index is 11.5. The van der Waals surface area contributed by atoms with Crippen molar-refractivity contribution in [2.45, 2.75) is 291 Å². The van der Waals surface area contributed by atoms with Gasteiger partial charge in [-0.3, -0.25) is 9.59 Å². The highest BCUT2D eigenvalue weighted by molar-refractivity contribution is 5.73. The molecule has 2 amide bonds. The van der Waals surface area contributed by atoms with E-state index in [0.717, 1.165) is 0 Å². The zero-order valence-corrected chi connectivity index (χ0v) is 47.2. The maximum Gasteiger partial charge on any atom is 0.217 e. The highest BCUT2D eigenvalue weighted by atomic mass is 16.7. The predicted molar refractivity (Wildman–Crippen MR) is 265 cm³/mol. The molecule has 19 nitrogen and oxygen atoms in total. The number of amides is 2. The molecule has 3 aliphatic heterocycles. The lowest BCUT2D eigenvalue weighted by Crippen LogP contribution is -2.66. The van der Waals surface area contributed by atoms with Crippen molar-refractivity contribution >= 4 is 11.8 Å². The number of ether oxygens (including phenoxy) is 9. The minimum Gasteiger partial charge on any atom is -0.394 e. The molecule has 15 atom stereocenters. The van der Waals surface area contributed by atoms with Crippen LogP contribution in [0, 0.1) is 5.41 Å². The summed E-state index contributed by atoms with van der Waals surface area (Å²) in [7, 11) is 0. The van der Waals surface area contributed by atoms with Crippen LogP contribution in [0.15, 0.2) is 0 Å². The SMILES string of the molecule is CC(=O)NC1C(CC(C)(C)C)OC(CO)C(OC(C)(C)C)C1O.CC(=O)NC1C(OC(C)(C)C)OC(CO)C(OC(C)(C)C)C1O.CC(C)(C)OC1OC(CO)C(OC(C)(C)C)C(OC(C)(C)C)C1O. The van der Waals surface area contributed by atoms with Gasteiger partial charge in [0.15, 0.2) is 12.6 Å². The third-order valence-electron chi connectivity index (χ3n) is 10.1. The van der Waals surface area contributed by atoms with Crippen LogP contribution in [0.5, 0.6) is 0 Å². The van der Waals surface area contributed by atoms with Crippen molar-refractivity contribution in [2.75, 3.05) is 19.8 Å². The van der Waals surface area contributed by atoms with Gasteiger partial charge in [-0.15, -0.1) is 0 Å². The fraction of sp³-hybridized carbons (Fsp3) is 0.961. The van der Waals surface area contributed by atoms with Gasteiger partial charge in [-0.2, -0.15) is 0 Å². The molecule has 0 saturated carbocycles. The largest absolute Gasteiger partial charge is 0.394 e. The normalized spacial score (nSPS) is 32.7. The molecule has 0 bridgehead atoms. The first-order valence-corrected chi connectivity index (χ1v) is 24.7. The van der Waals surface area contributed by atoms with Crippen molar-refractivity contribution in [1.82, 2.24) is 10.6 Å². The second-order valence-corrected chi connectivity index (χ2v) is 25.8. The Morgan fingerprint density at radius 1 is 0.400 bits per heavy atom. The van der Waals surface area contributed by atoms with Crippen molar-refractivity contribution in [3.8, 4) is 0 Å². The van der Waals surface area contributed by atoms with Gasteiger partial charge in [-0.25, -0.2) is 0 Å². The Balaban J connectivity index is 0.000000525. The fourth-order valence-corrected chi connectivity index (χ4v) is 7.96. The van der Waals surface area contributed by atoms with E-state index in [0.29, 0.717) is 6.42 Å². The van der Waals surface area contributed by atoms with Gasteiger partial charge in [0.25, 0.3) is 0 Å². The standard InChI is InChI=1S/C18H36O6.C17H33NO5.C16H31NO6/c1-16(2,3)22-13-11(10-19)21-15(24-18(7,8)9)12(20)14(13)23-17(4,5)6;1-10(20)18-13-11(8-16(2,3)4)22-12(9-19)15(14(13)21)23-17(5,6)7;1-9(19)17-11-12(20)13(22-15(2,3)4)10(8-18)21-14(11)23-16(5,6)7/h11-15,19-20H,10H2,1-9H3;11-15,19,21H,8-9H2,1-7H3,(H,18,20);10-14,18,20H,8H2,1-7H3,(H,17,19). The maximum atomic E-state index is 11.5. The van der Waals surface area contributed by atoms with Gasteiger partial charge in [0, 0.05) is 13.8 Å². The van der Waals surface area contributed by atoms with Crippen LogP contribution in [0.1, 0.15) is 166 Å². The minimum absolute atomic E-state index is 0.0428. The zero-order valence-electron chi connectivity index (χ0n) is 47.2.